The van der Waals surface area contributed by atoms with Crippen molar-refractivity contribution in [2.45, 2.75) is 24.7 Å². The lowest BCUT2D eigenvalue weighted by Crippen LogP contribution is -2.43. The molecule has 2 aromatic carbocycles. The molecule has 1 aliphatic rings. The highest BCUT2D eigenvalue weighted by Gasteiger charge is 2.35. The maximum atomic E-state index is 13.2. The first-order chi connectivity index (χ1) is 14.8. The second-order valence-corrected chi connectivity index (χ2v) is 9.64. The molecule has 0 radical (unpaired) electrons. The molecule has 1 fully saturated rings. The summed E-state index contributed by atoms with van der Waals surface area (Å²) < 4.78 is 38.6. The molecule has 0 aromatic heterocycles. The minimum absolute atomic E-state index is 0.0388. The molecule has 3 rings (SSSR count). The Morgan fingerprint density at radius 3 is 2.55 bits per heavy atom. The number of ether oxygens (including phenoxy) is 2. The van der Waals surface area contributed by atoms with Crippen LogP contribution in [-0.4, -0.2) is 52.5 Å². The molecule has 0 aliphatic carbocycles. The van der Waals surface area contributed by atoms with E-state index in [0.29, 0.717) is 30.2 Å². The van der Waals surface area contributed by atoms with Gasteiger partial charge in [0, 0.05) is 42.8 Å². The van der Waals surface area contributed by atoms with Crippen molar-refractivity contribution in [2.75, 3.05) is 38.8 Å². The highest BCUT2D eigenvalue weighted by Crippen LogP contribution is 2.33. The molecule has 0 N–H and O–H groups in total. The molecule has 168 valence electrons. The van der Waals surface area contributed by atoms with E-state index < -0.39 is 10.0 Å². The second kappa shape index (κ2) is 9.89. The number of hydrogen-bond acceptors (Lipinski definition) is 5. The Bertz CT molecular complexity index is 1040. The average molecular weight is 467 g/mol. The zero-order chi connectivity index (χ0) is 22.6. The highest BCUT2D eigenvalue weighted by molar-refractivity contribution is 7.89. The maximum absolute atomic E-state index is 13.2. The van der Waals surface area contributed by atoms with Gasteiger partial charge in [-0.1, -0.05) is 17.7 Å². The minimum atomic E-state index is -3.79. The Kier molecular flexibility index (Phi) is 7.46. The van der Waals surface area contributed by atoms with Crippen molar-refractivity contribution in [1.29, 1.82) is 0 Å². The number of piperidine rings is 1. The van der Waals surface area contributed by atoms with Gasteiger partial charge in [0.2, 0.25) is 15.9 Å². The van der Waals surface area contributed by atoms with Gasteiger partial charge in [-0.2, -0.15) is 4.31 Å². The van der Waals surface area contributed by atoms with Crippen LogP contribution in [0, 0.1) is 5.92 Å². The number of halogens is 1. The van der Waals surface area contributed by atoms with Gasteiger partial charge in [0.15, 0.2) is 0 Å². The summed E-state index contributed by atoms with van der Waals surface area (Å²) in [6.07, 6.45) is 0.883. The van der Waals surface area contributed by atoms with Gasteiger partial charge in [0.25, 0.3) is 0 Å². The van der Waals surface area contributed by atoms with E-state index in [1.807, 2.05) is 18.2 Å². The number of methoxy groups -OCH3 is 1. The fraction of sp³-hybridized carbons (Fsp3) is 0.409. The summed E-state index contributed by atoms with van der Waals surface area (Å²) in [6.45, 7) is 2.64. The van der Waals surface area contributed by atoms with Crippen molar-refractivity contribution in [2.24, 2.45) is 5.92 Å². The maximum Gasteiger partial charge on any atom is 0.246 e. The molecule has 0 spiro atoms. The quantitative estimate of drug-likeness (QED) is 0.620. The Balaban J connectivity index is 1.71. The number of rotatable bonds is 7. The average Bonchev–Trinajstić information content (AvgIpc) is 2.79. The lowest BCUT2D eigenvalue weighted by molar-refractivity contribution is -0.123. The molecule has 1 amide bonds. The summed E-state index contributed by atoms with van der Waals surface area (Å²) in [4.78, 5) is 14.6. The fourth-order valence-corrected chi connectivity index (χ4v) is 5.52. The van der Waals surface area contributed by atoms with E-state index in [9.17, 15) is 13.2 Å². The van der Waals surface area contributed by atoms with Crippen LogP contribution < -0.4 is 14.4 Å². The van der Waals surface area contributed by atoms with Crippen molar-refractivity contribution in [3.63, 3.8) is 0 Å². The van der Waals surface area contributed by atoms with Crippen LogP contribution in [-0.2, 0) is 14.8 Å². The zero-order valence-corrected chi connectivity index (χ0v) is 19.4. The van der Waals surface area contributed by atoms with Crippen LogP contribution in [0.3, 0.4) is 0 Å². The molecule has 1 aliphatic heterocycles. The van der Waals surface area contributed by atoms with Gasteiger partial charge in [-0.05, 0) is 50.1 Å². The third-order valence-corrected chi connectivity index (χ3v) is 7.55. The molecular formula is C22H27ClN2O5S. The van der Waals surface area contributed by atoms with Gasteiger partial charge in [0.05, 0.1) is 13.7 Å². The molecule has 1 saturated heterocycles. The SMILES string of the molecule is CCOc1ccc(Cl)cc1S(=O)(=O)N1CCC(C(=O)N(C)c2cccc(OC)c2)CC1. The molecule has 0 bridgehead atoms. The summed E-state index contributed by atoms with van der Waals surface area (Å²) >= 11 is 6.04. The summed E-state index contributed by atoms with van der Waals surface area (Å²) in [5, 5.41) is 0.326. The predicted molar refractivity (Wildman–Crippen MR) is 121 cm³/mol. The first kappa shape index (κ1) is 23.4. The van der Waals surface area contributed by atoms with E-state index in [1.54, 1.807) is 44.2 Å². The van der Waals surface area contributed by atoms with Gasteiger partial charge in [-0.15, -0.1) is 0 Å². The lowest BCUT2D eigenvalue weighted by Gasteiger charge is -2.33. The van der Waals surface area contributed by atoms with E-state index in [0.717, 1.165) is 5.69 Å². The molecule has 0 saturated carbocycles. The lowest BCUT2D eigenvalue weighted by atomic mass is 9.96. The van der Waals surface area contributed by atoms with Gasteiger partial charge in [-0.3, -0.25) is 4.79 Å². The summed E-state index contributed by atoms with van der Waals surface area (Å²) in [5.41, 5.74) is 0.736. The molecular weight excluding hydrogens is 440 g/mol. The van der Waals surface area contributed by atoms with Gasteiger partial charge >= 0.3 is 0 Å². The second-order valence-electron chi connectivity index (χ2n) is 7.30. The fourth-order valence-electron chi connectivity index (χ4n) is 3.66. The van der Waals surface area contributed by atoms with Crippen LogP contribution in [0.4, 0.5) is 5.69 Å². The number of carbonyl (C=O) groups excluding carboxylic acids is 1. The third kappa shape index (κ3) is 5.14. The first-order valence-corrected chi connectivity index (χ1v) is 11.9. The van der Waals surface area contributed by atoms with Crippen LogP contribution in [0.2, 0.25) is 5.02 Å². The molecule has 0 unspecified atom stereocenters. The third-order valence-electron chi connectivity index (χ3n) is 5.40. The van der Waals surface area contributed by atoms with Crippen LogP contribution in [0.15, 0.2) is 47.4 Å². The van der Waals surface area contributed by atoms with E-state index >= 15 is 0 Å². The van der Waals surface area contributed by atoms with E-state index in [1.165, 1.54) is 10.4 Å². The molecule has 2 aromatic rings. The van der Waals surface area contributed by atoms with Crippen molar-refractivity contribution in [1.82, 2.24) is 4.31 Å². The van der Waals surface area contributed by atoms with Gasteiger partial charge in [-0.25, -0.2) is 8.42 Å². The molecule has 9 heteroatoms. The monoisotopic (exact) mass is 466 g/mol. The first-order valence-electron chi connectivity index (χ1n) is 10.1. The zero-order valence-electron chi connectivity index (χ0n) is 17.9. The van der Waals surface area contributed by atoms with Crippen molar-refractivity contribution in [3.8, 4) is 11.5 Å². The van der Waals surface area contributed by atoms with Crippen LogP contribution in [0.5, 0.6) is 11.5 Å². The Hall–Kier alpha value is -2.29. The summed E-state index contributed by atoms with van der Waals surface area (Å²) in [7, 11) is -0.485. The van der Waals surface area contributed by atoms with E-state index in [4.69, 9.17) is 21.1 Å². The van der Waals surface area contributed by atoms with Crippen molar-refractivity contribution in [3.05, 3.63) is 47.5 Å². The Morgan fingerprint density at radius 2 is 1.90 bits per heavy atom. The van der Waals surface area contributed by atoms with Gasteiger partial charge in [0.1, 0.15) is 16.4 Å². The molecule has 1 heterocycles. The van der Waals surface area contributed by atoms with Crippen molar-refractivity contribution < 1.29 is 22.7 Å². The number of hydrogen-bond donors (Lipinski definition) is 0. The van der Waals surface area contributed by atoms with Crippen molar-refractivity contribution >= 4 is 33.2 Å². The number of anilines is 1. The number of sulfonamides is 1. The van der Waals surface area contributed by atoms with Crippen LogP contribution in [0.25, 0.3) is 0 Å². The summed E-state index contributed by atoms with van der Waals surface area (Å²) in [6, 6.07) is 11.9. The number of benzene rings is 2. The standard InChI is InChI=1S/C22H27ClN2O5S/c1-4-30-20-9-8-17(23)14-21(20)31(27,28)25-12-10-16(11-13-25)22(26)24(2)18-6-5-7-19(15-18)29-3/h5-9,14-16H,4,10-13H2,1-3H3. The minimum Gasteiger partial charge on any atom is -0.497 e. The van der Waals surface area contributed by atoms with E-state index in [2.05, 4.69) is 0 Å². The number of carbonyl (C=O) groups is 1. The predicted octanol–water partition coefficient (Wildman–Crippen LogP) is 3.81. The Morgan fingerprint density at radius 1 is 1.19 bits per heavy atom. The van der Waals surface area contributed by atoms with E-state index in [-0.39, 0.29) is 35.6 Å². The summed E-state index contributed by atoms with van der Waals surface area (Å²) in [5.74, 6) is 0.656. The Labute approximate surface area is 188 Å². The van der Waals surface area contributed by atoms with Gasteiger partial charge < -0.3 is 14.4 Å². The normalized spacial score (nSPS) is 15.5. The molecule has 7 nitrogen and oxygen atoms in total. The topological polar surface area (TPSA) is 76.2 Å². The smallest absolute Gasteiger partial charge is 0.246 e. The molecule has 0 atom stereocenters. The number of nitrogens with zero attached hydrogens (tertiary/aromatic N) is 2. The van der Waals surface area contributed by atoms with Crippen LogP contribution >= 0.6 is 11.6 Å². The molecule has 31 heavy (non-hydrogen) atoms. The largest absolute Gasteiger partial charge is 0.497 e. The highest BCUT2D eigenvalue weighted by atomic mass is 35.5. The number of amides is 1. The van der Waals surface area contributed by atoms with Crippen LogP contribution in [0.1, 0.15) is 19.8 Å².